The van der Waals surface area contributed by atoms with Crippen LogP contribution in [-0.4, -0.2) is 41.2 Å². The summed E-state index contributed by atoms with van der Waals surface area (Å²) in [5.41, 5.74) is 5.99. The molecule has 1 aliphatic rings. The first-order valence-electron chi connectivity index (χ1n) is 13.4. The average molecular weight is 567 g/mol. The fourth-order valence-electron chi connectivity index (χ4n) is 5.08. The molecule has 4 aromatic rings. The summed E-state index contributed by atoms with van der Waals surface area (Å²) in [5.74, 6) is -0.277. The van der Waals surface area contributed by atoms with Crippen LogP contribution in [0.2, 0.25) is 0 Å². The van der Waals surface area contributed by atoms with Gasteiger partial charge in [-0.2, -0.15) is 0 Å². The van der Waals surface area contributed by atoms with E-state index in [1.807, 2.05) is 43.3 Å². The molecule has 3 N–H and O–H groups in total. The second-order valence-electron chi connectivity index (χ2n) is 9.77. The molecule has 0 aliphatic heterocycles. The maximum Gasteiger partial charge on any atom is 0.242 e. The first-order valence-corrected chi connectivity index (χ1v) is 13.4. The Morgan fingerprint density at radius 3 is 2.45 bits per heavy atom. The number of phenols is 1. The van der Waals surface area contributed by atoms with Crippen molar-refractivity contribution in [1.82, 2.24) is 20.6 Å². The van der Waals surface area contributed by atoms with E-state index in [4.69, 9.17) is 9.47 Å². The molecule has 42 heavy (non-hydrogen) atoms. The molecule has 5 rings (SSSR count). The minimum Gasteiger partial charge on any atom is -0.502 e. The molecule has 0 saturated carbocycles. The van der Waals surface area contributed by atoms with Crippen molar-refractivity contribution in [2.24, 2.45) is 0 Å². The van der Waals surface area contributed by atoms with Crippen molar-refractivity contribution < 1.29 is 23.8 Å². The lowest BCUT2D eigenvalue weighted by molar-refractivity contribution is -0.122. The fraction of sp³-hybridized carbons (Fsp3) is 0.182. The lowest BCUT2D eigenvalue weighted by Gasteiger charge is -2.22. The lowest BCUT2D eigenvalue weighted by Crippen LogP contribution is -2.44. The molecule has 8 nitrogen and oxygen atoms in total. The van der Waals surface area contributed by atoms with Crippen LogP contribution in [0.3, 0.4) is 0 Å². The number of allylic oxidation sites excluding steroid dienone is 2. The number of hydrogen-bond donors (Lipinski definition) is 3. The maximum absolute atomic E-state index is 14.7. The van der Waals surface area contributed by atoms with E-state index in [-0.39, 0.29) is 29.7 Å². The zero-order valence-corrected chi connectivity index (χ0v) is 23.5. The number of ether oxygens (including phenoxy) is 2. The third kappa shape index (κ3) is 6.01. The van der Waals surface area contributed by atoms with Gasteiger partial charge in [-0.1, -0.05) is 18.2 Å². The highest BCUT2D eigenvalue weighted by atomic mass is 19.1. The first kappa shape index (κ1) is 28.5. The molecule has 1 aliphatic carbocycles. The monoisotopic (exact) mass is 566 g/mol. The summed E-state index contributed by atoms with van der Waals surface area (Å²) in [6.45, 7) is 2.52. The van der Waals surface area contributed by atoms with Crippen LogP contribution in [0.1, 0.15) is 34.9 Å². The van der Waals surface area contributed by atoms with E-state index in [2.05, 4.69) is 20.6 Å². The molecule has 1 amide bonds. The highest BCUT2D eigenvalue weighted by molar-refractivity contribution is 6.11. The van der Waals surface area contributed by atoms with Crippen LogP contribution in [0.4, 0.5) is 4.39 Å². The topological polar surface area (TPSA) is 106 Å². The van der Waals surface area contributed by atoms with Crippen LogP contribution in [-0.2, 0) is 17.9 Å². The van der Waals surface area contributed by atoms with E-state index in [1.165, 1.54) is 26.4 Å². The minimum atomic E-state index is -0.816. The third-order valence-corrected chi connectivity index (χ3v) is 7.14. The van der Waals surface area contributed by atoms with Crippen molar-refractivity contribution in [1.29, 1.82) is 0 Å². The number of pyridine rings is 2. The SMILES string of the molecule is COc1cc(C=C2C(C)=C(C(NCc3cccnc3)C(=O)NCc3ccccn3)c3cc(F)ccc32)cc(OC)c1O. The predicted molar refractivity (Wildman–Crippen MR) is 159 cm³/mol. The van der Waals surface area contributed by atoms with Crippen molar-refractivity contribution in [3.8, 4) is 17.2 Å². The van der Waals surface area contributed by atoms with E-state index in [1.54, 1.807) is 36.8 Å². The number of hydrogen-bond acceptors (Lipinski definition) is 7. The van der Waals surface area contributed by atoms with E-state index < -0.39 is 11.9 Å². The molecule has 9 heteroatoms. The van der Waals surface area contributed by atoms with Gasteiger partial charge in [0.2, 0.25) is 11.7 Å². The van der Waals surface area contributed by atoms with Crippen molar-refractivity contribution in [3.63, 3.8) is 0 Å². The Morgan fingerprint density at radius 2 is 1.79 bits per heavy atom. The zero-order valence-electron chi connectivity index (χ0n) is 23.5. The molecule has 0 radical (unpaired) electrons. The fourth-order valence-corrected chi connectivity index (χ4v) is 5.08. The Balaban J connectivity index is 1.59. The number of rotatable bonds is 10. The van der Waals surface area contributed by atoms with Crippen LogP contribution in [0.5, 0.6) is 17.2 Å². The lowest BCUT2D eigenvalue weighted by atomic mass is 9.97. The Kier molecular flexibility index (Phi) is 8.59. The molecule has 2 aromatic heterocycles. The van der Waals surface area contributed by atoms with E-state index in [0.29, 0.717) is 23.2 Å². The third-order valence-electron chi connectivity index (χ3n) is 7.14. The Bertz CT molecular complexity index is 1630. The van der Waals surface area contributed by atoms with Gasteiger partial charge in [-0.15, -0.1) is 0 Å². The molecular formula is C33H31FN4O4. The van der Waals surface area contributed by atoms with Crippen LogP contribution < -0.4 is 20.1 Å². The van der Waals surface area contributed by atoms with Crippen molar-refractivity contribution in [3.05, 3.63) is 119 Å². The largest absolute Gasteiger partial charge is 0.502 e. The normalized spacial score (nSPS) is 14.0. The first-order chi connectivity index (χ1) is 20.4. The Hall–Kier alpha value is -5.02. The number of nitrogens with zero attached hydrogens (tertiary/aromatic N) is 2. The van der Waals surface area contributed by atoms with Gasteiger partial charge in [0.15, 0.2) is 11.5 Å². The summed E-state index contributed by atoms with van der Waals surface area (Å²) in [4.78, 5) is 22.3. The molecule has 0 spiro atoms. The highest BCUT2D eigenvalue weighted by Gasteiger charge is 2.33. The number of halogens is 1. The number of carbonyl (C=O) groups is 1. The van der Waals surface area contributed by atoms with Gasteiger partial charge in [0.25, 0.3) is 0 Å². The summed E-state index contributed by atoms with van der Waals surface area (Å²) in [5, 5.41) is 16.8. The predicted octanol–water partition coefficient (Wildman–Crippen LogP) is 5.14. The zero-order chi connectivity index (χ0) is 29.6. The molecule has 214 valence electrons. The molecule has 0 bridgehead atoms. The smallest absolute Gasteiger partial charge is 0.242 e. The van der Waals surface area contributed by atoms with Crippen LogP contribution >= 0.6 is 0 Å². The maximum atomic E-state index is 14.7. The van der Waals surface area contributed by atoms with E-state index >= 15 is 0 Å². The van der Waals surface area contributed by atoms with Crippen LogP contribution in [0.15, 0.2) is 84.8 Å². The molecule has 0 saturated heterocycles. The number of nitrogens with one attached hydrogen (secondary N) is 2. The number of aromatic hydroxyl groups is 1. The number of methoxy groups -OCH3 is 2. The van der Waals surface area contributed by atoms with Gasteiger partial charge < -0.3 is 19.9 Å². The second kappa shape index (κ2) is 12.7. The summed E-state index contributed by atoms with van der Waals surface area (Å²) >= 11 is 0. The summed E-state index contributed by atoms with van der Waals surface area (Å²) < 4.78 is 25.4. The number of benzene rings is 2. The highest BCUT2D eigenvalue weighted by Crippen LogP contribution is 2.45. The summed E-state index contributed by atoms with van der Waals surface area (Å²) in [7, 11) is 2.93. The number of carbonyl (C=O) groups excluding carboxylic acids is 1. The minimum absolute atomic E-state index is 0.103. The summed E-state index contributed by atoms with van der Waals surface area (Å²) in [6.07, 6.45) is 7.00. The second-order valence-corrected chi connectivity index (χ2v) is 9.77. The van der Waals surface area contributed by atoms with Gasteiger partial charge >= 0.3 is 0 Å². The Morgan fingerprint density at radius 1 is 1.00 bits per heavy atom. The molecule has 2 heterocycles. The molecule has 1 atom stereocenters. The van der Waals surface area contributed by atoms with Gasteiger partial charge in [0.1, 0.15) is 11.9 Å². The van der Waals surface area contributed by atoms with Crippen molar-refractivity contribution >= 4 is 23.1 Å². The number of phenolic OH excluding ortho intramolecular Hbond substituents is 1. The van der Waals surface area contributed by atoms with Crippen LogP contribution in [0, 0.1) is 5.82 Å². The molecule has 2 aromatic carbocycles. The average Bonchev–Trinajstić information content (AvgIpc) is 3.27. The Labute approximate surface area is 243 Å². The molecule has 0 fully saturated rings. The van der Waals surface area contributed by atoms with Gasteiger partial charge in [0.05, 0.1) is 26.5 Å². The number of aromatic nitrogens is 2. The molecular weight excluding hydrogens is 535 g/mol. The van der Waals surface area contributed by atoms with Gasteiger partial charge in [0, 0.05) is 25.1 Å². The van der Waals surface area contributed by atoms with Crippen molar-refractivity contribution in [2.45, 2.75) is 26.1 Å². The number of fused-ring (bicyclic) bond motifs is 1. The van der Waals surface area contributed by atoms with Crippen molar-refractivity contribution in [2.75, 3.05) is 14.2 Å². The summed E-state index contributed by atoms with van der Waals surface area (Å²) in [6, 6.07) is 16.4. The van der Waals surface area contributed by atoms with E-state index in [0.717, 1.165) is 28.0 Å². The quantitative estimate of drug-likeness (QED) is 0.244. The standard InChI is InChI=1S/C33H31FN4O4/c1-20-26(13-22-14-28(41-2)32(39)29(15-22)42-3)25-10-9-23(34)16-27(25)30(20)31(37-18-21-7-6-11-35-17-21)33(40)38-19-24-8-4-5-12-36-24/h4-17,31,37,39H,18-19H2,1-3H3,(H,38,40). The molecule has 1 unspecified atom stereocenters. The van der Waals surface area contributed by atoms with E-state index in [9.17, 15) is 14.3 Å². The van der Waals surface area contributed by atoms with Gasteiger partial charge in [-0.3, -0.25) is 20.1 Å². The van der Waals surface area contributed by atoms with Crippen LogP contribution in [0.25, 0.3) is 17.2 Å². The van der Waals surface area contributed by atoms with Gasteiger partial charge in [-0.25, -0.2) is 4.39 Å². The van der Waals surface area contributed by atoms with Gasteiger partial charge in [-0.05, 0) is 94.4 Å². The number of amides is 1.